The van der Waals surface area contributed by atoms with Crippen LogP contribution in [0.3, 0.4) is 0 Å². The Hall–Kier alpha value is -2.47. The maximum atomic E-state index is 12.0. The summed E-state index contributed by atoms with van der Waals surface area (Å²) in [6.07, 6.45) is 2.57. The molecule has 0 amide bonds. The smallest absolute Gasteiger partial charge is 0.363 e. The fourth-order valence-electron chi connectivity index (χ4n) is 2.18. The van der Waals surface area contributed by atoms with Crippen molar-refractivity contribution in [2.75, 3.05) is 0 Å². The standard InChI is InChI=1S/C15H15N3O3/c16-10-8-12(9-10)21-15(20)14-13(19)6-7-18(17-14)11-4-2-1-3-5-11/h1-7,10,12H,8-9,16H2. The molecule has 1 fully saturated rings. The molecule has 2 aromatic rings. The van der Waals surface area contributed by atoms with Gasteiger partial charge in [0.2, 0.25) is 11.1 Å². The lowest BCUT2D eigenvalue weighted by Crippen LogP contribution is -2.43. The van der Waals surface area contributed by atoms with Crippen LogP contribution in [0.25, 0.3) is 5.69 Å². The molecule has 2 N–H and O–H groups in total. The summed E-state index contributed by atoms with van der Waals surface area (Å²) >= 11 is 0. The Morgan fingerprint density at radius 3 is 2.62 bits per heavy atom. The van der Waals surface area contributed by atoms with E-state index in [9.17, 15) is 9.59 Å². The van der Waals surface area contributed by atoms with Crippen LogP contribution in [-0.2, 0) is 4.74 Å². The number of hydrogen-bond donors (Lipinski definition) is 1. The highest BCUT2D eigenvalue weighted by atomic mass is 16.5. The lowest BCUT2D eigenvalue weighted by molar-refractivity contribution is 0.00228. The summed E-state index contributed by atoms with van der Waals surface area (Å²) < 4.78 is 6.70. The number of para-hydroxylation sites is 1. The molecule has 0 aliphatic heterocycles. The van der Waals surface area contributed by atoms with E-state index in [1.807, 2.05) is 30.3 Å². The van der Waals surface area contributed by atoms with Crippen LogP contribution in [-0.4, -0.2) is 27.9 Å². The van der Waals surface area contributed by atoms with Crippen LogP contribution in [0.1, 0.15) is 23.3 Å². The predicted molar refractivity (Wildman–Crippen MR) is 76.2 cm³/mol. The van der Waals surface area contributed by atoms with Crippen LogP contribution in [0.2, 0.25) is 0 Å². The molecule has 1 aromatic heterocycles. The van der Waals surface area contributed by atoms with Gasteiger partial charge in [-0.15, -0.1) is 0 Å². The summed E-state index contributed by atoms with van der Waals surface area (Å²) in [5, 5.41) is 4.07. The molecule has 3 rings (SSSR count). The van der Waals surface area contributed by atoms with Crippen LogP contribution in [0.4, 0.5) is 0 Å². The van der Waals surface area contributed by atoms with Crippen molar-refractivity contribution in [1.29, 1.82) is 0 Å². The molecule has 0 bridgehead atoms. The van der Waals surface area contributed by atoms with Gasteiger partial charge in [0, 0.05) is 18.3 Å². The summed E-state index contributed by atoms with van der Waals surface area (Å²) in [6.45, 7) is 0. The first kappa shape index (κ1) is 13.5. The quantitative estimate of drug-likeness (QED) is 0.846. The van der Waals surface area contributed by atoms with Gasteiger partial charge in [-0.1, -0.05) is 18.2 Å². The van der Waals surface area contributed by atoms with Gasteiger partial charge in [0.1, 0.15) is 6.10 Å². The third kappa shape index (κ3) is 2.85. The molecule has 0 unspecified atom stereocenters. The van der Waals surface area contributed by atoms with E-state index in [1.165, 1.54) is 16.9 Å². The summed E-state index contributed by atoms with van der Waals surface area (Å²) in [7, 11) is 0. The number of rotatable bonds is 3. The number of nitrogens with zero attached hydrogens (tertiary/aromatic N) is 2. The second-order valence-corrected chi connectivity index (χ2v) is 5.07. The van der Waals surface area contributed by atoms with Crippen molar-refractivity contribution in [1.82, 2.24) is 9.78 Å². The molecule has 0 spiro atoms. The SMILES string of the molecule is NC1CC(OC(=O)c2nn(-c3ccccc3)ccc2=O)C1. The van der Waals surface area contributed by atoms with E-state index >= 15 is 0 Å². The summed E-state index contributed by atoms with van der Waals surface area (Å²) in [5.74, 6) is -0.692. The van der Waals surface area contributed by atoms with Gasteiger partial charge in [0.25, 0.3) is 0 Å². The van der Waals surface area contributed by atoms with Crippen LogP contribution < -0.4 is 11.2 Å². The molecule has 108 valence electrons. The lowest BCUT2D eigenvalue weighted by Gasteiger charge is -2.31. The van der Waals surface area contributed by atoms with Gasteiger partial charge in [0.05, 0.1) is 5.69 Å². The average molecular weight is 285 g/mol. The van der Waals surface area contributed by atoms with E-state index in [-0.39, 0.29) is 17.8 Å². The normalized spacial score (nSPS) is 20.6. The molecule has 0 radical (unpaired) electrons. The van der Waals surface area contributed by atoms with Gasteiger partial charge in [-0.05, 0) is 25.0 Å². The first-order valence-electron chi connectivity index (χ1n) is 6.75. The van der Waals surface area contributed by atoms with Gasteiger partial charge in [-0.3, -0.25) is 4.79 Å². The molecule has 1 aromatic carbocycles. The first-order chi connectivity index (χ1) is 10.1. The second-order valence-electron chi connectivity index (χ2n) is 5.07. The van der Waals surface area contributed by atoms with Crippen molar-refractivity contribution in [2.24, 2.45) is 5.73 Å². The van der Waals surface area contributed by atoms with Crippen molar-refractivity contribution in [3.8, 4) is 5.69 Å². The minimum absolute atomic E-state index is 0.0764. The molecule has 1 aliphatic rings. The van der Waals surface area contributed by atoms with Crippen LogP contribution in [0.5, 0.6) is 0 Å². The number of esters is 1. The number of carbonyl (C=O) groups is 1. The molecular formula is C15H15N3O3. The first-order valence-corrected chi connectivity index (χ1v) is 6.75. The Kier molecular flexibility index (Phi) is 3.53. The predicted octanol–water partition coefficient (Wildman–Crippen LogP) is 0.879. The zero-order valence-electron chi connectivity index (χ0n) is 11.3. The number of aromatic nitrogens is 2. The van der Waals surface area contributed by atoms with E-state index in [0.717, 1.165) is 5.69 Å². The van der Waals surface area contributed by atoms with Gasteiger partial charge in [-0.25, -0.2) is 9.48 Å². The Morgan fingerprint density at radius 1 is 1.24 bits per heavy atom. The van der Waals surface area contributed by atoms with E-state index in [2.05, 4.69) is 5.10 Å². The number of carbonyl (C=O) groups excluding carboxylic acids is 1. The largest absolute Gasteiger partial charge is 0.457 e. The molecule has 21 heavy (non-hydrogen) atoms. The van der Waals surface area contributed by atoms with Crippen molar-refractivity contribution in [3.63, 3.8) is 0 Å². The number of ether oxygens (including phenoxy) is 1. The molecule has 1 heterocycles. The third-order valence-corrected chi connectivity index (χ3v) is 3.43. The highest BCUT2D eigenvalue weighted by molar-refractivity contribution is 5.87. The number of nitrogens with two attached hydrogens (primary N) is 1. The van der Waals surface area contributed by atoms with Crippen molar-refractivity contribution in [3.05, 3.63) is 58.5 Å². The number of benzene rings is 1. The summed E-state index contributed by atoms with van der Waals surface area (Å²) in [6, 6.07) is 10.6. The van der Waals surface area contributed by atoms with Gasteiger partial charge in [-0.2, -0.15) is 5.10 Å². The topological polar surface area (TPSA) is 87.2 Å². The number of hydrogen-bond acceptors (Lipinski definition) is 5. The van der Waals surface area contributed by atoms with Gasteiger partial charge < -0.3 is 10.5 Å². The van der Waals surface area contributed by atoms with Crippen LogP contribution in [0.15, 0.2) is 47.4 Å². The third-order valence-electron chi connectivity index (χ3n) is 3.43. The summed E-state index contributed by atoms with van der Waals surface area (Å²) in [4.78, 5) is 23.8. The molecule has 1 saturated carbocycles. The zero-order chi connectivity index (χ0) is 14.8. The second kappa shape index (κ2) is 5.49. The molecular weight excluding hydrogens is 270 g/mol. The van der Waals surface area contributed by atoms with Crippen LogP contribution in [0, 0.1) is 0 Å². The molecule has 0 atom stereocenters. The van der Waals surface area contributed by atoms with E-state index in [4.69, 9.17) is 10.5 Å². The fourth-order valence-corrected chi connectivity index (χ4v) is 2.18. The highest BCUT2D eigenvalue weighted by Crippen LogP contribution is 2.21. The van der Waals surface area contributed by atoms with Crippen molar-refractivity contribution >= 4 is 5.97 Å². The van der Waals surface area contributed by atoms with Gasteiger partial charge >= 0.3 is 5.97 Å². The lowest BCUT2D eigenvalue weighted by atomic mass is 9.90. The highest BCUT2D eigenvalue weighted by Gasteiger charge is 2.30. The van der Waals surface area contributed by atoms with E-state index in [1.54, 1.807) is 0 Å². The molecule has 1 aliphatic carbocycles. The summed E-state index contributed by atoms with van der Waals surface area (Å²) in [5.41, 5.74) is 5.75. The maximum Gasteiger partial charge on any atom is 0.363 e. The van der Waals surface area contributed by atoms with E-state index < -0.39 is 11.4 Å². The molecule has 6 heteroatoms. The minimum atomic E-state index is -0.692. The van der Waals surface area contributed by atoms with Gasteiger partial charge in [0.15, 0.2) is 0 Å². The maximum absolute atomic E-state index is 12.0. The minimum Gasteiger partial charge on any atom is -0.457 e. The van der Waals surface area contributed by atoms with E-state index in [0.29, 0.717) is 12.8 Å². The monoisotopic (exact) mass is 285 g/mol. The molecule has 0 saturated heterocycles. The Labute approximate surface area is 121 Å². The van der Waals surface area contributed by atoms with Crippen molar-refractivity contribution in [2.45, 2.75) is 25.0 Å². The average Bonchev–Trinajstić information content (AvgIpc) is 2.47. The zero-order valence-corrected chi connectivity index (χ0v) is 11.3. The Bertz CT molecular complexity index is 706. The Morgan fingerprint density at radius 2 is 1.95 bits per heavy atom. The van der Waals surface area contributed by atoms with Crippen molar-refractivity contribution < 1.29 is 9.53 Å². The van der Waals surface area contributed by atoms with Crippen LogP contribution >= 0.6 is 0 Å². The molecule has 6 nitrogen and oxygen atoms in total. The Balaban J connectivity index is 1.84. The fraction of sp³-hybridized carbons (Fsp3) is 0.267.